The summed E-state index contributed by atoms with van der Waals surface area (Å²) in [5.74, 6) is 1.42. The molecule has 0 bridgehead atoms. The molecule has 0 saturated heterocycles. The van der Waals surface area contributed by atoms with Crippen LogP contribution in [0.4, 0.5) is 5.69 Å². The number of nitrogens with zero attached hydrogens (tertiary/aromatic N) is 1. The molecule has 4 rings (SSSR count). The third-order valence-electron chi connectivity index (χ3n) is 7.60. The lowest BCUT2D eigenvalue weighted by Gasteiger charge is -2.16. The second kappa shape index (κ2) is 12.2. The minimum absolute atomic E-state index is 0.0111. The molecule has 0 radical (unpaired) electrons. The first-order chi connectivity index (χ1) is 17.4. The van der Waals surface area contributed by atoms with Gasteiger partial charge in [0.1, 0.15) is 5.82 Å². The van der Waals surface area contributed by atoms with E-state index in [1.165, 1.54) is 25.7 Å². The fourth-order valence-electron chi connectivity index (χ4n) is 4.83. The van der Waals surface area contributed by atoms with E-state index < -0.39 is 0 Å². The van der Waals surface area contributed by atoms with E-state index in [2.05, 4.69) is 29.5 Å². The van der Waals surface area contributed by atoms with Crippen LogP contribution >= 0.6 is 0 Å². The van der Waals surface area contributed by atoms with Gasteiger partial charge in [0.15, 0.2) is 0 Å². The van der Waals surface area contributed by atoms with E-state index in [1.807, 2.05) is 49.4 Å². The molecule has 0 aliphatic heterocycles. The van der Waals surface area contributed by atoms with Gasteiger partial charge >= 0.3 is 0 Å². The van der Waals surface area contributed by atoms with Crippen LogP contribution in [0.15, 0.2) is 42.5 Å². The van der Waals surface area contributed by atoms with Crippen LogP contribution in [0.25, 0.3) is 22.4 Å². The summed E-state index contributed by atoms with van der Waals surface area (Å²) < 4.78 is 0. The van der Waals surface area contributed by atoms with Crippen LogP contribution in [0, 0.1) is 11.8 Å². The number of aromatic amines is 1. The molecule has 2 atom stereocenters. The number of hydrogen-bond acceptors (Lipinski definition) is 3. The molecule has 2 unspecified atom stereocenters. The van der Waals surface area contributed by atoms with Gasteiger partial charge in [0.2, 0.25) is 5.91 Å². The smallest absolute Gasteiger partial charge is 0.251 e. The summed E-state index contributed by atoms with van der Waals surface area (Å²) in [5, 5.41) is 6.25. The van der Waals surface area contributed by atoms with Crippen LogP contribution in [0.2, 0.25) is 0 Å². The van der Waals surface area contributed by atoms with E-state index in [9.17, 15) is 9.59 Å². The number of hydrogen-bond donors (Lipinski definition) is 3. The van der Waals surface area contributed by atoms with Crippen molar-refractivity contribution in [2.75, 3.05) is 5.32 Å². The molecule has 3 aromatic rings. The Morgan fingerprint density at radius 3 is 2.42 bits per heavy atom. The first-order valence-electron chi connectivity index (χ1n) is 13.6. The predicted octanol–water partition coefficient (Wildman–Crippen LogP) is 7.08. The summed E-state index contributed by atoms with van der Waals surface area (Å²) in [6.07, 6.45) is 10.2. The fourth-order valence-corrected chi connectivity index (χ4v) is 4.83. The molecule has 2 amide bonds. The van der Waals surface area contributed by atoms with Crippen LogP contribution in [0.3, 0.4) is 0 Å². The Morgan fingerprint density at radius 1 is 1.00 bits per heavy atom. The first-order valence-corrected chi connectivity index (χ1v) is 13.6. The first kappa shape index (κ1) is 25.9. The van der Waals surface area contributed by atoms with Crippen molar-refractivity contribution in [1.29, 1.82) is 0 Å². The van der Waals surface area contributed by atoms with Gasteiger partial charge in [0.25, 0.3) is 5.91 Å². The van der Waals surface area contributed by atoms with Crippen molar-refractivity contribution >= 4 is 28.5 Å². The summed E-state index contributed by atoms with van der Waals surface area (Å²) in [7, 11) is 0. The standard InChI is InChI=1S/C30H40N4O2/c1-4-20(2)11-12-21(3)29(35)31-25-16-13-22(14-17-25)28-33-26-18-15-23(19-27(26)34-28)30(36)32-24-9-7-5-6-8-10-24/h13-21,24H,4-12H2,1-3H3,(H,31,35)(H,32,36)(H,33,34). The zero-order valence-electron chi connectivity index (χ0n) is 21.9. The van der Waals surface area contributed by atoms with Crippen LogP contribution in [0.5, 0.6) is 0 Å². The number of carbonyl (C=O) groups is 2. The Bertz CT molecular complexity index is 1160. The average molecular weight is 489 g/mol. The fraction of sp³-hybridized carbons (Fsp3) is 0.500. The quantitative estimate of drug-likeness (QED) is 0.281. The molecule has 2 aromatic carbocycles. The zero-order valence-corrected chi connectivity index (χ0v) is 21.9. The van der Waals surface area contributed by atoms with Crippen LogP contribution in [-0.4, -0.2) is 27.8 Å². The Labute approximate surface area is 214 Å². The molecule has 6 heteroatoms. The molecule has 1 saturated carbocycles. The third-order valence-corrected chi connectivity index (χ3v) is 7.60. The van der Waals surface area contributed by atoms with Crippen LogP contribution < -0.4 is 10.6 Å². The van der Waals surface area contributed by atoms with E-state index in [0.29, 0.717) is 11.5 Å². The number of nitrogens with one attached hydrogen (secondary N) is 3. The molecular formula is C30H40N4O2. The number of rotatable bonds is 9. The van der Waals surface area contributed by atoms with Crippen molar-refractivity contribution in [2.24, 2.45) is 11.8 Å². The van der Waals surface area contributed by atoms with Gasteiger partial charge in [-0.1, -0.05) is 52.9 Å². The molecular weight excluding hydrogens is 448 g/mol. The van der Waals surface area contributed by atoms with Gasteiger partial charge in [-0.3, -0.25) is 9.59 Å². The number of carbonyl (C=O) groups excluding carboxylic acids is 2. The van der Waals surface area contributed by atoms with Crippen LogP contribution in [0.1, 0.15) is 88.9 Å². The van der Waals surface area contributed by atoms with E-state index in [1.54, 1.807) is 0 Å². The number of amides is 2. The van der Waals surface area contributed by atoms with Gasteiger partial charge in [0, 0.05) is 28.8 Å². The number of benzene rings is 2. The molecule has 1 aliphatic carbocycles. The molecule has 36 heavy (non-hydrogen) atoms. The van der Waals surface area contributed by atoms with Gasteiger partial charge in [-0.25, -0.2) is 4.98 Å². The highest BCUT2D eigenvalue weighted by Gasteiger charge is 2.17. The Morgan fingerprint density at radius 2 is 1.72 bits per heavy atom. The number of imidazole rings is 1. The maximum Gasteiger partial charge on any atom is 0.251 e. The summed E-state index contributed by atoms with van der Waals surface area (Å²) >= 11 is 0. The second-order valence-electron chi connectivity index (χ2n) is 10.5. The average Bonchev–Trinajstić information content (AvgIpc) is 3.15. The van der Waals surface area contributed by atoms with Gasteiger partial charge in [-0.05, 0) is 74.1 Å². The van der Waals surface area contributed by atoms with E-state index in [4.69, 9.17) is 4.98 Å². The van der Waals surface area contributed by atoms with Gasteiger partial charge in [-0.15, -0.1) is 0 Å². The summed E-state index contributed by atoms with van der Waals surface area (Å²) in [6.45, 7) is 6.41. The van der Waals surface area contributed by atoms with E-state index in [0.717, 1.165) is 60.2 Å². The Kier molecular flexibility index (Phi) is 8.79. The normalized spacial score (nSPS) is 16.3. The van der Waals surface area contributed by atoms with Gasteiger partial charge in [0.05, 0.1) is 11.0 Å². The minimum Gasteiger partial charge on any atom is -0.349 e. The van der Waals surface area contributed by atoms with Crippen molar-refractivity contribution in [3.63, 3.8) is 0 Å². The number of H-pyrrole nitrogens is 1. The molecule has 1 aliphatic rings. The zero-order chi connectivity index (χ0) is 25.5. The van der Waals surface area contributed by atoms with Crippen molar-refractivity contribution in [3.8, 4) is 11.4 Å². The molecule has 1 aromatic heterocycles. The highest BCUT2D eigenvalue weighted by molar-refractivity contribution is 5.98. The van der Waals surface area contributed by atoms with Crippen molar-refractivity contribution in [1.82, 2.24) is 15.3 Å². The summed E-state index contributed by atoms with van der Waals surface area (Å²) in [4.78, 5) is 33.4. The summed E-state index contributed by atoms with van der Waals surface area (Å²) in [6, 6.07) is 13.6. The number of anilines is 1. The maximum atomic E-state index is 12.8. The summed E-state index contributed by atoms with van der Waals surface area (Å²) in [5.41, 5.74) is 4.03. The number of fused-ring (bicyclic) bond motifs is 1. The molecule has 0 spiro atoms. The minimum atomic E-state index is -0.0153. The lowest BCUT2D eigenvalue weighted by molar-refractivity contribution is -0.119. The second-order valence-corrected chi connectivity index (χ2v) is 10.5. The highest BCUT2D eigenvalue weighted by atomic mass is 16.2. The molecule has 6 nitrogen and oxygen atoms in total. The third kappa shape index (κ3) is 6.74. The topological polar surface area (TPSA) is 86.9 Å². The van der Waals surface area contributed by atoms with E-state index >= 15 is 0 Å². The Balaban J connectivity index is 1.39. The van der Waals surface area contributed by atoms with Gasteiger partial charge in [-0.2, -0.15) is 0 Å². The SMILES string of the molecule is CCC(C)CCC(C)C(=O)Nc1ccc(-c2nc3ccc(C(=O)NC4CCCCCC4)cc3[nH]2)cc1. The highest BCUT2D eigenvalue weighted by Crippen LogP contribution is 2.24. The number of aromatic nitrogens is 2. The molecule has 1 heterocycles. The molecule has 1 fully saturated rings. The van der Waals surface area contributed by atoms with Crippen molar-refractivity contribution in [3.05, 3.63) is 48.0 Å². The molecule has 192 valence electrons. The van der Waals surface area contributed by atoms with E-state index in [-0.39, 0.29) is 23.8 Å². The van der Waals surface area contributed by atoms with Crippen molar-refractivity contribution in [2.45, 2.75) is 84.6 Å². The van der Waals surface area contributed by atoms with Crippen molar-refractivity contribution < 1.29 is 9.59 Å². The largest absolute Gasteiger partial charge is 0.349 e. The lowest BCUT2D eigenvalue weighted by atomic mass is 9.96. The Hall–Kier alpha value is -3.15. The van der Waals surface area contributed by atoms with Crippen LogP contribution in [-0.2, 0) is 4.79 Å². The lowest BCUT2D eigenvalue weighted by Crippen LogP contribution is -2.34. The monoisotopic (exact) mass is 488 g/mol. The van der Waals surface area contributed by atoms with Gasteiger partial charge < -0.3 is 15.6 Å². The maximum absolute atomic E-state index is 12.8. The molecule has 3 N–H and O–H groups in total. The predicted molar refractivity (Wildman–Crippen MR) is 147 cm³/mol.